The van der Waals surface area contributed by atoms with Gasteiger partial charge in [0.2, 0.25) is 5.88 Å². The Labute approximate surface area is 118 Å². The highest BCUT2D eigenvalue weighted by molar-refractivity contribution is 5.65. The minimum Gasteiger partial charge on any atom is -0.481 e. The maximum absolute atomic E-state index is 5.53. The van der Waals surface area contributed by atoms with E-state index in [1.165, 1.54) is 0 Å². The summed E-state index contributed by atoms with van der Waals surface area (Å²) in [6.45, 7) is 2.04. The maximum Gasteiger partial charge on any atom is 0.220 e. The summed E-state index contributed by atoms with van der Waals surface area (Å²) in [5, 5.41) is 4.71. The lowest BCUT2D eigenvalue weighted by molar-refractivity contribution is 0.381. The van der Waals surface area contributed by atoms with E-state index < -0.39 is 0 Å². The Hall–Kier alpha value is -2.55. The van der Waals surface area contributed by atoms with Crippen LogP contribution in [-0.4, -0.2) is 16.9 Å². The standard InChI is InChI=1S/C17H16N2O/c1-13-16(14-9-5-3-6-10-14)18-19(17(13)20-2)15-11-7-4-8-12-15/h3-12H,1-2H3. The number of ether oxygens (including phenoxy) is 1. The van der Waals surface area contributed by atoms with Gasteiger partial charge in [0.15, 0.2) is 0 Å². The molecule has 3 nitrogen and oxygen atoms in total. The van der Waals surface area contributed by atoms with Crippen molar-refractivity contribution in [1.82, 2.24) is 9.78 Å². The molecular formula is C17H16N2O. The highest BCUT2D eigenvalue weighted by Crippen LogP contribution is 2.31. The summed E-state index contributed by atoms with van der Waals surface area (Å²) in [4.78, 5) is 0. The van der Waals surface area contributed by atoms with Crippen LogP contribution in [0, 0.1) is 6.92 Å². The van der Waals surface area contributed by atoms with Crippen LogP contribution < -0.4 is 4.74 Å². The fourth-order valence-electron chi connectivity index (χ4n) is 2.33. The number of benzene rings is 2. The van der Waals surface area contributed by atoms with E-state index in [0.29, 0.717) is 0 Å². The van der Waals surface area contributed by atoms with Crippen LogP contribution in [0.25, 0.3) is 16.9 Å². The quantitative estimate of drug-likeness (QED) is 0.718. The molecule has 100 valence electrons. The molecule has 0 unspecified atom stereocenters. The summed E-state index contributed by atoms with van der Waals surface area (Å²) in [7, 11) is 1.68. The van der Waals surface area contributed by atoms with Crippen molar-refractivity contribution in [2.45, 2.75) is 6.92 Å². The van der Waals surface area contributed by atoms with Crippen molar-refractivity contribution in [1.29, 1.82) is 0 Å². The van der Waals surface area contributed by atoms with E-state index in [9.17, 15) is 0 Å². The van der Waals surface area contributed by atoms with E-state index in [-0.39, 0.29) is 0 Å². The minimum absolute atomic E-state index is 0.773. The molecule has 0 atom stereocenters. The lowest BCUT2D eigenvalue weighted by atomic mass is 10.1. The van der Waals surface area contributed by atoms with Crippen molar-refractivity contribution in [3.63, 3.8) is 0 Å². The van der Waals surface area contributed by atoms with Crippen LogP contribution in [0.1, 0.15) is 5.56 Å². The van der Waals surface area contributed by atoms with Crippen molar-refractivity contribution in [2.24, 2.45) is 0 Å². The van der Waals surface area contributed by atoms with E-state index in [0.717, 1.165) is 28.4 Å². The van der Waals surface area contributed by atoms with Crippen molar-refractivity contribution in [3.05, 3.63) is 66.2 Å². The van der Waals surface area contributed by atoms with Crippen molar-refractivity contribution in [2.75, 3.05) is 7.11 Å². The van der Waals surface area contributed by atoms with Crippen LogP contribution in [0.2, 0.25) is 0 Å². The van der Waals surface area contributed by atoms with Crippen LogP contribution in [0.5, 0.6) is 5.88 Å². The van der Waals surface area contributed by atoms with Gasteiger partial charge in [-0.25, -0.2) is 4.68 Å². The second kappa shape index (κ2) is 5.21. The van der Waals surface area contributed by atoms with Gasteiger partial charge in [-0.2, -0.15) is 5.10 Å². The van der Waals surface area contributed by atoms with Crippen LogP contribution in [-0.2, 0) is 0 Å². The summed E-state index contributed by atoms with van der Waals surface area (Å²) in [6, 6.07) is 20.2. The Balaban J connectivity index is 2.18. The third kappa shape index (κ3) is 2.07. The zero-order valence-corrected chi connectivity index (χ0v) is 11.6. The molecule has 3 rings (SSSR count). The van der Waals surface area contributed by atoms with Gasteiger partial charge in [-0.3, -0.25) is 0 Å². The van der Waals surface area contributed by atoms with Gasteiger partial charge < -0.3 is 4.74 Å². The minimum atomic E-state index is 0.773. The van der Waals surface area contributed by atoms with Crippen molar-refractivity contribution in [3.8, 4) is 22.8 Å². The van der Waals surface area contributed by atoms with Gasteiger partial charge in [0.25, 0.3) is 0 Å². The molecule has 1 heterocycles. The molecule has 0 amide bonds. The van der Waals surface area contributed by atoms with Crippen molar-refractivity contribution < 1.29 is 4.74 Å². The molecule has 0 spiro atoms. The SMILES string of the molecule is COc1c(C)c(-c2ccccc2)nn1-c1ccccc1. The van der Waals surface area contributed by atoms with E-state index in [1.807, 2.05) is 60.1 Å². The number of aromatic nitrogens is 2. The first-order chi connectivity index (χ1) is 9.81. The van der Waals surface area contributed by atoms with E-state index >= 15 is 0 Å². The van der Waals surface area contributed by atoms with Gasteiger partial charge >= 0.3 is 0 Å². The Bertz CT molecular complexity index is 703. The molecule has 0 aliphatic heterocycles. The highest BCUT2D eigenvalue weighted by Gasteiger charge is 2.17. The van der Waals surface area contributed by atoms with Crippen LogP contribution in [0.15, 0.2) is 60.7 Å². The number of methoxy groups -OCH3 is 1. The molecule has 3 heteroatoms. The molecule has 20 heavy (non-hydrogen) atoms. The van der Waals surface area contributed by atoms with Gasteiger partial charge in [-0.1, -0.05) is 48.5 Å². The summed E-state index contributed by atoms with van der Waals surface area (Å²) >= 11 is 0. The zero-order chi connectivity index (χ0) is 13.9. The van der Waals surface area contributed by atoms with Gasteiger partial charge in [0.1, 0.15) is 0 Å². The average molecular weight is 264 g/mol. The maximum atomic E-state index is 5.53. The highest BCUT2D eigenvalue weighted by atomic mass is 16.5. The fourth-order valence-corrected chi connectivity index (χ4v) is 2.33. The van der Waals surface area contributed by atoms with E-state index in [4.69, 9.17) is 9.84 Å². The summed E-state index contributed by atoms with van der Waals surface area (Å²) in [6.07, 6.45) is 0. The third-order valence-corrected chi connectivity index (χ3v) is 3.31. The molecule has 2 aromatic carbocycles. The number of rotatable bonds is 3. The lowest BCUT2D eigenvalue weighted by Gasteiger charge is -2.05. The van der Waals surface area contributed by atoms with E-state index in [2.05, 4.69) is 12.1 Å². The molecule has 0 aliphatic rings. The molecule has 0 aliphatic carbocycles. The lowest BCUT2D eigenvalue weighted by Crippen LogP contribution is -1.99. The first-order valence-electron chi connectivity index (χ1n) is 6.55. The van der Waals surface area contributed by atoms with Gasteiger partial charge in [-0.05, 0) is 19.1 Å². The van der Waals surface area contributed by atoms with Gasteiger partial charge in [0, 0.05) is 11.1 Å². The molecule has 0 fully saturated rings. The van der Waals surface area contributed by atoms with Gasteiger partial charge in [-0.15, -0.1) is 0 Å². The van der Waals surface area contributed by atoms with Crippen LogP contribution in [0.4, 0.5) is 0 Å². The van der Waals surface area contributed by atoms with E-state index in [1.54, 1.807) is 7.11 Å². The molecule has 0 radical (unpaired) electrons. The molecule has 1 aromatic heterocycles. The number of para-hydroxylation sites is 1. The fraction of sp³-hybridized carbons (Fsp3) is 0.118. The molecule has 0 saturated carbocycles. The number of hydrogen-bond acceptors (Lipinski definition) is 2. The topological polar surface area (TPSA) is 27.1 Å². The van der Waals surface area contributed by atoms with Crippen LogP contribution in [0.3, 0.4) is 0 Å². The Morgan fingerprint density at radius 2 is 1.50 bits per heavy atom. The second-order valence-electron chi connectivity index (χ2n) is 4.60. The summed E-state index contributed by atoms with van der Waals surface area (Å²) in [5.41, 5.74) is 4.08. The second-order valence-corrected chi connectivity index (χ2v) is 4.60. The Morgan fingerprint density at radius 3 is 2.10 bits per heavy atom. The Kier molecular flexibility index (Phi) is 3.25. The predicted molar refractivity (Wildman–Crippen MR) is 80.3 cm³/mol. The van der Waals surface area contributed by atoms with Gasteiger partial charge in [0.05, 0.1) is 18.5 Å². The number of hydrogen-bond donors (Lipinski definition) is 0. The Morgan fingerprint density at radius 1 is 0.900 bits per heavy atom. The molecule has 0 bridgehead atoms. The summed E-state index contributed by atoms with van der Waals surface area (Å²) < 4.78 is 7.38. The predicted octanol–water partition coefficient (Wildman–Crippen LogP) is 3.86. The smallest absolute Gasteiger partial charge is 0.220 e. The first-order valence-corrected chi connectivity index (χ1v) is 6.55. The third-order valence-electron chi connectivity index (χ3n) is 3.31. The summed E-state index contributed by atoms with van der Waals surface area (Å²) in [5.74, 6) is 0.773. The van der Waals surface area contributed by atoms with Crippen molar-refractivity contribution >= 4 is 0 Å². The normalized spacial score (nSPS) is 10.5. The number of nitrogens with zero attached hydrogens (tertiary/aromatic N) is 2. The average Bonchev–Trinajstić information content (AvgIpc) is 2.86. The monoisotopic (exact) mass is 264 g/mol. The molecule has 3 aromatic rings. The molecular weight excluding hydrogens is 248 g/mol. The van der Waals surface area contributed by atoms with Crippen LogP contribution >= 0.6 is 0 Å². The first kappa shape index (κ1) is 12.5. The zero-order valence-electron chi connectivity index (χ0n) is 11.6. The molecule has 0 N–H and O–H groups in total. The molecule has 0 saturated heterocycles. The largest absolute Gasteiger partial charge is 0.481 e.